The van der Waals surface area contributed by atoms with E-state index in [4.69, 9.17) is 4.74 Å². The number of nitrogens with zero attached hydrogens (tertiary/aromatic N) is 1. The normalized spacial score (nSPS) is 17.2. The van der Waals surface area contributed by atoms with Gasteiger partial charge in [-0.05, 0) is 30.0 Å². The van der Waals surface area contributed by atoms with Crippen LogP contribution in [0.25, 0.3) is 0 Å². The Hall–Kier alpha value is -1.75. The summed E-state index contributed by atoms with van der Waals surface area (Å²) in [4.78, 5) is 16.4. The van der Waals surface area contributed by atoms with Crippen molar-refractivity contribution < 1.29 is 14.6 Å². The lowest BCUT2D eigenvalue weighted by Crippen LogP contribution is -2.13. The van der Waals surface area contributed by atoms with Gasteiger partial charge in [0.25, 0.3) is 0 Å². The van der Waals surface area contributed by atoms with Crippen molar-refractivity contribution in [3.05, 3.63) is 41.2 Å². The van der Waals surface area contributed by atoms with Crippen LogP contribution in [0, 0.1) is 0 Å². The fraction of sp³-hybridized carbons (Fsp3) is 0.412. The highest BCUT2D eigenvalue weighted by molar-refractivity contribution is 8.15. The summed E-state index contributed by atoms with van der Waals surface area (Å²) in [5.74, 6) is -0.129. The zero-order valence-electron chi connectivity index (χ0n) is 13.3. The van der Waals surface area contributed by atoms with E-state index in [9.17, 15) is 9.90 Å². The van der Waals surface area contributed by atoms with Crippen molar-refractivity contribution in [3.8, 4) is 0 Å². The first-order chi connectivity index (χ1) is 10.3. The van der Waals surface area contributed by atoms with Crippen molar-refractivity contribution in [2.45, 2.75) is 33.1 Å². The third-order valence-electron chi connectivity index (χ3n) is 3.29. The largest absolute Gasteiger partial charge is 0.510 e. The molecule has 1 aliphatic heterocycles. The van der Waals surface area contributed by atoms with E-state index in [0.29, 0.717) is 10.8 Å². The molecule has 0 atom stereocenters. The molecule has 0 aliphatic carbocycles. The third kappa shape index (κ3) is 3.71. The van der Waals surface area contributed by atoms with E-state index < -0.39 is 5.97 Å². The summed E-state index contributed by atoms with van der Waals surface area (Å²) in [6.45, 7) is 8.47. The van der Waals surface area contributed by atoms with Gasteiger partial charge in [0.15, 0.2) is 0 Å². The van der Waals surface area contributed by atoms with Gasteiger partial charge in [0.2, 0.25) is 0 Å². The Morgan fingerprint density at radius 1 is 1.32 bits per heavy atom. The number of aliphatic imine (C=N–C) groups is 1. The summed E-state index contributed by atoms with van der Waals surface area (Å²) < 4.78 is 4.98. The van der Waals surface area contributed by atoms with Crippen LogP contribution in [0.4, 0.5) is 5.69 Å². The smallest absolute Gasteiger partial charge is 0.344 e. The first kappa shape index (κ1) is 16.6. The zero-order chi connectivity index (χ0) is 16.3. The topological polar surface area (TPSA) is 58.9 Å². The molecule has 22 heavy (non-hydrogen) atoms. The van der Waals surface area contributed by atoms with Crippen molar-refractivity contribution in [2.24, 2.45) is 4.99 Å². The van der Waals surface area contributed by atoms with E-state index in [1.807, 2.05) is 24.3 Å². The van der Waals surface area contributed by atoms with Crippen molar-refractivity contribution >= 4 is 28.5 Å². The van der Waals surface area contributed by atoms with E-state index in [1.54, 1.807) is 6.92 Å². The second-order valence-corrected chi connectivity index (χ2v) is 7.01. The predicted octanol–water partition coefficient (Wildman–Crippen LogP) is 4.14. The molecule has 2 rings (SSSR count). The Labute approximate surface area is 135 Å². The molecule has 0 saturated heterocycles. The minimum Gasteiger partial charge on any atom is -0.510 e. The molecular weight excluding hydrogens is 298 g/mol. The lowest BCUT2D eigenvalue weighted by molar-refractivity contribution is -0.138. The fourth-order valence-electron chi connectivity index (χ4n) is 2.05. The van der Waals surface area contributed by atoms with Crippen LogP contribution in [0.15, 0.2) is 40.6 Å². The Kier molecular flexibility index (Phi) is 4.96. The number of thioether (sulfide) groups is 1. The Morgan fingerprint density at radius 3 is 2.50 bits per heavy atom. The number of esters is 1. The third-order valence-corrected chi connectivity index (χ3v) is 4.28. The van der Waals surface area contributed by atoms with E-state index in [2.05, 4.69) is 25.8 Å². The molecule has 1 aromatic carbocycles. The fourth-order valence-corrected chi connectivity index (χ4v) is 2.99. The van der Waals surface area contributed by atoms with Gasteiger partial charge in [-0.25, -0.2) is 9.79 Å². The molecule has 0 radical (unpaired) electrons. The van der Waals surface area contributed by atoms with Gasteiger partial charge in [-0.15, -0.1) is 0 Å². The summed E-state index contributed by atoms with van der Waals surface area (Å²) in [5.41, 5.74) is 2.25. The first-order valence-corrected chi connectivity index (χ1v) is 8.23. The maximum absolute atomic E-state index is 11.9. The van der Waals surface area contributed by atoms with Crippen LogP contribution in [0.5, 0.6) is 0 Å². The van der Waals surface area contributed by atoms with Gasteiger partial charge >= 0.3 is 5.97 Å². The molecular formula is C17H21NO3S. The summed E-state index contributed by atoms with van der Waals surface area (Å²) in [6.07, 6.45) is 0. The number of ether oxygens (including phenoxy) is 1. The van der Waals surface area contributed by atoms with Crippen LogP contribution in [-0.4, -0.2) is 28.5 Å². The van der Waals surface area contributed by atoms with Crippen molar-refractivity contribution in [1.29, 1.82) is 0 Å². The molecule has 0 bridgehead atoms. The van der Waals surface area contributed by atoms with Crippen LogP contribution in [-0.2, 0) is 14.9 Å². The number of rotatable bonds is 3. The van der Waals surface area contributed by atoms with E-state index >= 15 is 0 Å². The molecule has 1 heterocycles. The van der Waals surface area contributed by atoms with Crippen LogP contribution >= 0.6 is 11.8 Å². The molecule has 0 spiro atoms. The van der Waals surface area contributed by atoms with Gasteiger partial charge in [-0.3, -0.25) is 0 Å². The molecule has 0 unspecified atom stereocenters. The number of carbonyl (C=O) groups excluding carboxylic acids is 1. The number of benzene rings is 1. The average Bonchev–Trinajstić information content (AvgIpc) is 2.79. The number of hydrogen-bond donors (Lipinski definition) is 1. The monoisotopic (exact) mass is 319 g/mol. The van der Waals surface area contributed by atoms with Crippen LogP contribution in [0.2, 0.25) is 0 Å². The van der Waals surface area contributed by atoms with Crippen LogP contribution in [0.1, 0.15) is 33.3 Å². The minimum atomic E-state index is -0.518. The molecule has 1 aromatic rings. The zero-order valence-corrected chi connectivity index (χ0v) is 14.2. The number of aliphatic hydroxyl groups excluding tert-OH is 1. The van der Waals surface area contributed by atoms with Crippen LogP contribution < -0.4 is 0 Å². The molecule has 0 fully saturated rings. The summed E-state index contributed by atoms with van der Waals surface area (Å²) in [7, 11) is 0. The lowest BCUT2D eigenvalue weighted by atomic mass is 9.87. The van der Waals surface area contributed by atoms with Crippen molar-refractivity contribution in [3.63, 3.8) is 0 Å². The molecule has 5 heteroatoms. The summed E-state index contributed by atoms with van der Waals surface area (Å²) in [6, 6.07) is 7.91. The van der Waals surface area contributed by atoms with E-state index in [0.717, 1.165) is 5.69 Å². The minimum absolute atomic E-state index is 0.0357. The van der Waals surface area contributed by atoms with Crippen molar-refractivity contribution in [2.75, 3.05) is 12.4 Å². The van der Waals surface area contributed by atoms with Gasteiger partial charge < -0.3 is 9.84 Å². The standard InChI is InChI=1S/C17H21NO3S/c1-5-21-16(20)14-13(19)10-22-15(14)18-12-8-6-11(7-9-12)17(2,3)4/h6-9,19H,5,10H2,1-4H3. The Morgan fingerprint density at radius 2 is 1.95 bits per heavy atom. The maximum atomic E-state index is 11.9. The summed E-state index contributed by atoms with van der Waals surface area (Å²) in [5, 5.41) is 10.4. The maximum Gasteiger partial charge on any atom is 0.344 e. The van der Waals surface area contributed by atoms with Gasteiger partial charge in [0.05, 0.1) is 18.0 Å². The van der Waals surface area contributed by atoms with Gasteiger partial charge in [-0.2, -0.15) is 0 Å². The number of hydrogen-bond acceptors (Lipinski definition) is 5. The average molecular weight is 319 g/mol. The first-order valence-electron chi connectivity index (χ1n) is 7.24. The molecule has 0 aromatic heterocycles. The van der Waals surface area contributed by atoms with Crippen molar-refractivity contribution in [1.82, 2.24) is 0 Å². The van der Waals surface area contributed by atoms with E-state index in [1.165, 1.54) is 17.3 Å². The number of carbonyl (C=O) groups is 1. The van der Waals surface area contributed by atoms with Gasteiger partial charge in [-0.1, -0.05) is 44.7 Å². The SMILES string of the molecule is CCOC(=O)C1=C(O)CSC1=Nc1ccc(C(C)(C)C)cc1. The predicted molar refractivity (Wildman–Crippen MR) is 91.0 cm³/mol. The highest BCUT2D eigenvalue weighted by Crippen LogP contribution is 2.31. The van der Waals surface area contributed by atoms with E-state index in [-0.39, 0.29) is 23.4 Å². The quantitative estimate of drug-likeness (QED) is 0.851. The van der Waals surface area contributed by atoms with Gasteiger partial charge in [0.1, 0.15) is 16.4 Å². The molecule has 4 nitrogen and oxygen atoms in total. The Bertz CT molecular complexity index is 624. The second-order valence-electron chi connectivity index (χ2n) is 6.04. The molecule has 1 N–H and O–H groups in total. The van der Waals surface area contributed by atoms with Crippen LogP contribution in [0.3, 0.4) is 0 Å². The Balaban J connectivity index is 2.27. The summed E-state index contributed by atoms with van der Waals surface area (Å²) >= 11 is 1.34. The molecule has 0 amide bonds. The molecule has 1 aliphatic rings. The highest BCUT2D eigenvalue weighted by atomic mass is 32.2. The lowest BCUT2D eigenvalue weighted by Gasteiger charge is -2.18. The number of aliphatic hydroxyl groups is 1. The second kappa shape index (κ2) is 6.57. The highest BCUT2D eigenvalue weighted by Gasteiger charge is 2.29. The molecule has 0 saturated carbocycles. The molecule has 118 valence electrons. The van der Waals surface area contributed by atoms with Gasteiger partial charge in [0, 0.05) is 0 Å².